The first-order valence-corrected chi connectivity index (χ1v) is 13.6. The van der Waals surface area contributed by atoms with E-state index < -0.39 is 75.7 Å². The third-order valence-electron chi connectivity index (χ3n) is 5.27. The van der Waals surface area contributed by atoms with Gasteiger partial charge in [-0.2, -0.15) is 4.31 Å². The Balaban J connectivity index is 2.33. The number of rotatable bonds is 7. The van der Waals surface area contributed by atoms with E-state index in [1.165, 1.54) is 0 Å². The zero-order valence-corrected chi connectivity index (χ0v) is 22.5. The summed E-state index contributed by atoms with van der Waals surface area (Å²) in [5.74, 6) is -5.66. The molecule has 0 radical (unpaired) electrons. The molecule has 208 valence electrons. The predicted octanol–water partition coefficient (Wildman–Crippen LogP) is 2.02. The van der Waals surface area contributed by atoms with Gasteiger partial charge >= 0.3 is 6.09 Å². The van der Waals surface area contributed by atoms with Gasteiger partial charge in [-0.25, -0.2) is 31.4 Å². The SMILES string of the molecule is CC(C)(C)OC(=O)N[C@@H](CC(=O)N1CCN(S(C)(=O)=O)CCN1C(=O)CCl)Cc1cc(F)c(F)cc1F. The van der Waals surface area contributed by atoms with Crippen LogP contribution in [-0.2, 0) is 30.8 Å². The topological polar surface area (TPSA) is 116 Å². The Labute approximate surface area is 218 Å². The average Bonchev–Trinajstić information content (AvgIpc) is 2.98. The van der Waals surface area contributed by atoms with Crippen molar-refractivity contribution < 1.29 is 40.7 Å². The van der Waals surface area contributed by atoms with Crippen molar-refractivity contribution in [3.8, 4) is 0 Å². The minimum Gasteiger partial charge on any atom is -0.444 e. The van der Waals surface area contributed by atoms with Crippen LogP contribution >= 0.6 is 11.6 Å². The van der Waals surface area contributed by atoms with Crippen LogP contribution in [0.15, 0.2) is 12.1 Å². The molecule has 1 N–H and O–H groups in total. The Bertz CT molecular complexity index is 1130. The van der Waals surface area contributed by atoms with Crippen LogP contribution in [0.3, 0.4) is 0 Å². The van der Waals surface area contributed by atoms with E-state index in [0.717, 1.165) is 20.6 Å². The fourth-order valence-electron chi connectivity index (χ4n) is 3.64. The van der Waals surface area contributed by atoms with Crippen LogP contribution in [0.1, 0.15) is 32.8 Å². The predicted molar refractivity (Wildman–Crippen MR) is 128 cm³/mol. The van der Waals surface area contributed by atoms with E-state index in [9.17, 15) is 36.0 Å². The Morgan fingerprint density at radius 3 is 2.05 bits per heavy atom. The average molecular weight is 571 g/mol. The smallest absolute Gasteiger partial charge is 0.407 e. The number of amides is 3. The van der Waals surface area contributed by atoms with Gasteiger partial charge in [0.25, 0.3) is 5.91 Å². The summed E-state index contributed by atoms with van der Waals surface area (Å²) >= 11 is 5.68. The van der Waals surface area contributed by atoms with E-state index >= 15 is 0 Å². The molecule has 1 aliphatic rings. The number of benzene rings is 1. The minimum absolute atomic E-state index is 0.0785. The molecule has 15 heteroatoms. The first-order valence-electron chi connectivity index (χ1n) is 11.3. The molecule has 0 unspecified atom stereocenters. The lowest BCUT2D eigenvalue weighted by Crippen LogP contribution is -2.52. The summed E-state index contributed by atoms with van der Waals surface area (Å²) in [5.41, 5.74) is -1.21. The molecule has 0 bridgehead atoms. The molecular weight excluding hydrogens is 541 g/mol. The summed E-state index contributed by atoms with van der Waals surface area (Å²) in [6, 6.07) is -0.186. The number of sulfonamides is 1. The Kier molecular flexibility index (Phi) is 10.2. The first kappa shape index (κ1) is 30.6. The molecule has 1 saturated heterocycles. The number of ether oxygens (including phenoxy) is 1. The maximum atomic E-state index is 14.3. The van der Waals surface area contributed by atoms with Gasteiger partial charge in [0, 0.05) is 31.6 Å². The molecule has 3 amide bonds. The Hall–Kier alpha value is -2.58. The lowest BCUT2D eigenvalue weighted by atomic mass is 10.0. The lowest BCUT2D eigenvalue weighted by Gasteiger charge is -2.33. The van der Waals surface area contributed by atoms with Crippen molar-refractivity contribution in [2.45, 2.75) is 45.3 Å². The molecule has 1 aromatic rings. The number of carbonyl (C=O) groups excluding carboxylic acids is 3. The number of alkyl carbamates (subject to hydrolysis) is 1. The van der Waals surface area contributed by atoms with Crippen LogP contribution in [-0.4, -0.2) is 90.6 Å². The number of carbonyl (C=O) groups is 3. The Morgan fingerprint density at radius 2 is 1.54 bits per heavy atom. The normalized spacial score (nSPS) is 16.2. The monoisotopic (exact) mass is 570 g/mol. The van der Waals surface area contributed by atoms with Crippen molar-refractivity contribution in [3.05, 3.63) is 35.1 Å². The first-order chi connectivity index (χ1) is 17.0. The maximum absolute atomic E-state index is 14.3. The van der Waals surface area contributed by atoms with Crippen molar-refractivity contribution in [2.75, 3.05) is 38.3 Å². The highest BCUT2D eigenvalue weighted by molar-refractivity contribution is 7.88. The minimum atomic E-state index is -3.62. The molecule has 0 spiro atoms. The van der Waals surface area contributed by atoms with Crippen molar-refractivity contribution in [1.29, 1.82) is 0 Å². The second-order valence-electron chi connectivity index (χ2n) is 9.44. The molecule has 1 heterocycles. The van der Waals surface area contributed by atoms with Crippen LogP contribution in [0.25, 0.3) is 0 Å². The third-order valence-corrected chi connectivity index (χ3v) is 6.80. The van der Waals surface area contributed by atoms with Gasteiger partial charge in [0.05, 0.1) is 19.3 Å². The van der Waals surface area contributed by atoms with Crippen molar-refractivity contribution >= 4 is 39.5 Å². The molecule has 10 nitrogen and oxygen atoms in total. The van der Waals surface area contributed by atoms with Crippen LogP contribution in [0.5, 0.6) is 0 Å². The van der Waals surface area contributed by atoms with Gasteiger partial charge in [0.15, 0.2) is 11.6 Å². The number of hydrazine groups is 1. The summed E-state index contributed by atoms with van der Waals surface area (Å²) < 4.78 is 71.8. The van der Waals surface area contributed by atoms with E-state index in [1.54, 1.807) is 20.8 Å². The highest BCUT2D eigenvalue weighted by Gasteiger charge is 2.33. The lowest BCUT2D eigenvalue weighted by molar-refractivity contribution is -0.161. The van der Waals surface area contributed by atoms with Crippen LogP contribution in [0.2, 0.25) is 0 Å². The standard InChI is InChI=1S/C22H30ClF3N4O6S/c1-22(2,3)36-21(33)27-15(9-14-10-17(25)18(26)12-16(14)24)11-19(31)29-7-5-28(37(4,34)35)6-8-30(29)20(32)13-23/h10,12,15H,5-9,11,13H2,1-4H3,(H,27,33)/t15-/m1/s1. The fraction of sp³-hybridized carbons (Fsp3) is 0.591. The number of nitrogens with one attached hydrogen (secondary N) is 1. The van der Waals surface area contributed by atoms with Gasteiger partial charge in [0.2, 0.25) is 15.9 Å². The molecule has 2 rings (SSSR count). The third kappa shape index (κ3) is 9.04. The molecule has 1 aliphatic heterocycles. The molecule has 1 atom stereocenters. The molecule has 0 aliphatic carbocycles. The highest BCUT2D eigenvalue weighted by Crippen LogP contribution is 2.19. The Morgan fingerprint density at radius 1 is 1.00 bits per heavy atom. The summed E-state index contributed by atoms with van der Waals surface area (Å²) in [7, 11) is -3.62. The largest absolute Gasteiger partial charge is 0.444 e. The van der Waals surface area contributed by atoms with Crippen molar-refractivity contribution in [2.24, 2.45) is 0 Å². The number of hydrogen-bond donors (Lipinski definition) is 1. The van der Waals surface area contributed by atoms with Crippen molar-refractivity contribution in [1.82, 2.24) is 19.6 Å². The van der Waals surface area contributed by atoms with Gasteiger partial charge in [-0.15, -0.1) is 11.6 Å². The van der Waals surface area contributed by atoms with Gasteiger partial charge in [-0.1, -0.05) is 0 Å². The summed E-state index contributed by atoms with van der Waals surface area (Å²) in [5, 5.41) is 4.46. The van der Waals surface area contributed by atoms with E-state index in [0.29, 0.717) is 12.1 Å². The number of halogens is 4. The van der Waals surface area contributed by atoms with Gasteiger partial charge in [-0.3, -0.25) is 14.6 Å². The fourth-order valence-corrected chi connectivity index (χ4v) is 4.60. The van der Waals surface area contributed by atoms with Crippen LogP contribution in [0, 0.1) is 17.5 Å². The quantitative estimate of drug-likeness (QED) is 0.396. The molecular formula is C22H30ClF3N4O6S. The maximum Gasteiger partial charge on any atom is 0.407 e. The second kappa shape index (κ2) is 12.3. The van der Waals surface area contributed by atoms with E-state index in [-0.39, 0.29) is 31.7 Å². The zero-order valence-electron chi connectivity index (χ0n) is 20.9. The number of nitrogens with zero attached hydrogens (tertiary/aromatic N) is 3. The van der Waals surface area contributed by atoms with E-state index in [1.807, 2.05) is 0 Å². The summed E-state index contributed by atoms with van der Waals surface area (Å²) in [4.78, 5) is 38.2. The molecule has 0 saturated carbocycles. The summed E-state index contributed by atoms with van der Waals surface area (Å²) in [6.45, 7) is 4.25. The molecule has 1 aromatic carbocycles. The van der Waals surface area contributed by atoms with Crippen molar-refractivity contribution in [3.63, 3.8) is 0 Å². The number of alkyl halides is 1. The van der Waals surface area contributed by atoms with Crippen LogP contribution in [0.4, 0.5) is 18.0 Å². The van der Waals surface area contributed by atoms with Gasteiger partial charge < -0.3 is 10.1 Å². The van der Waals surface area contributed by atoms with E-state index in [2.05, 4.69) is 5.32 Å². The zero-order chi connectivity index (χ0) is 28.1. The van der Waals surface area contributed by atoms with E-state index in [4.69, 9.17) is 16.3 Å². The second-order valence-corrected chi connectivity index (χ2v) is 11.7. The molecule has 0 aromatic heterocycles. The van der Waals surface area contributed by atoms with Gasteiger partial charge in [0.1, 0.15) is 17.3 Å². The summed E-state index contributed by atoms with van der Waals surface area (Å²) in [6.07, 6.45) is -0.875. The van der Waals surface area contributed by atoms with Crippen LogP contribution < -0.4 is 5.32 Å². The number of hydrogen-bond acceptors (Lipinski definition) is 6. The van der Waals surface area contributed by atoms with Gasteiger partial charge in [-0.05, 0) is 38.8 Å². The molecule has 37 heavy (non-hydrogen) atoms. The highest BCUT2D eigenvalue weighted by atomic mass is 35.5. The molecule has 1 fully saturated rings.